The van der Waals surface area contributed by atoms with Gasteiger partial charge in [0.2, 0.25) is 0 Å². The monoisotopic (exact) mass is 193 g/mol. The highest BCUT2D eigenvalue weighted by Crippen LogP contribution is 2.08. The maximum absolute atomic E-state index is 11.5. The predicted molar refractivity (Wildman–Crippen MR) is 55.2 cm³/mol. The summed E-state index contributed by atoms with van der Waals surface area (Å²) in [5, 5.41) is 1.57. The zero-order valence-corrected chi connectivity index (χ0v) is 8.40. The van der Waals surface area contributed by atoms with E-state index in [1.165, 1.54) is 0 Å². The van der Waals surface area contributed by atoms with E-state index in [2.05, 4.69) is 5.43 Å². The van der Waals surface area contributed by atoms with Crippen LogP contribution in [0.25, 0.3) is 0 Å². The number of hydrazine groups is 1. The van der Waals surface area contributed by atoms with Gasteiger partial charge in [0.05, 0.1) is 0 Å². The zero-order valence-electron chi connectivity index (χ0n) is 8.40. The smallest absolute Gasteiger partial charge is 0.255 e. The molecule has 0 heterocycles. The van der Waals surface area contributed by atoms with Crippen LogP contribution in [-0.4, -0.2) is 25.0 Å². The number of nitrogens with zero attached hydrogens (tertiary/aromatic N) is 1. The summed E-state index contributed by atoms with van der Waals surface area (Å²) in [6.45, 7) is 0. The molecule has 1 atom stereocenters. The number of carbonyl (C=O) groups excluding carboxylic acids is 1. The van der Waals surface area contributed by atoms with E-state index in [1.54, 1.807) is 19.1 Å². The minimum Gasteiger partial charge on any atom is -0.316 e. The lowest BCUT2D eigenvalue weighted by molar-refractivity contribution is -0.126. The molecule has 4 nitrogen and oxygen atoms in total. The van der Waals surface area contributed by atoms with Crippen molar-refractivity contribution in [1.29, 1.82) is 0 Å². The normalized spacial score (nSPS) is 12.6. The summed E-state index contributed by atoms with van der Waals surface area (Å²) in [5.74, 6) is -0.207. The van der Waals surface area contributed by atoms with E-state index in [0.717, 1.165) is 5.56 Å². The summed E-state index contributed by atoms with van der Waals surface area (Å²) in [4.78, 5) is 11.5. The molecular weight excluding hydrogens is 178 g/mol. The van der Waals surface area contributed by atoms with Crippen LogP contribution in [0.1, 0.15) is 11.6 Å². The number of nitrogens with one attached hydrogen (secondary N) is 1. The van der Waals surface area contributed by atoms with Gasteiger partial charge in [0, 0.05) is 14.1 Å². The van der Waals surface area contributed by atoms with Crippen molar-refractivity contribution in [3.63, 3.8) is 0 Å². The molecule has 1 amide bonds. The molecule has 1 unspecified atom stereocenters. The quantitative estimate of drug-likeness (QED) is 0.678. The van der Waals surface area contributed by atoms with E-state index >= 15 is 0 Å². The molecule has 1 aromatic carbocycles. The lowest BCUT2D eigenvalue weighted by Crippen LogP contribution is -2.41. The SMILES string of the molecule is CN(C)NC(=O)C(N)c1ccccc1. The standard InChI is InChI=1S/C10H15N3O/c1-13(2)12-10(14)9(11)8-6-4-3-5-7-8/h3-7,9H,11H2,1-2H3,(H,12,14). The first-order valence-corrected chi connectivity index (χ1v) is 4.39. The van der Waals surface area contributed by atoms with Crippen molar-refractivity contribution >= 4 is 5.91 Å². The van der Waals surface area contributed by atoms with Gasteiger partial charge in [-0.3, -0.25) is 10.2 Å². The maximum Gasteiger partial charge on any atom is 0.255 e. The van der Waals surface area contributed by atoms with Crippen LogP contribution in [0.4, 0.5) is 0 Å². The zero-order chi connectivity index (χ0) is 10.6. The average Bonchev–Trinajstić information content (AvgIpc) is 2.17. The molecule has 0 spiro atoms. The number of rotatable bonds is 3. The molecule has 14 heavy (non-hydrogen) atoms. The van der Waals surface area contributed by atoms with Gasteiger partial charge in [0.25, 0.3) is 5.91 Å². The lowest BCUT2D eigenvalue weighted by atomic mass is 10.1. The minimum absolute atomic E-state index is 0.207. The molecule has 0 saturated carbocycles. The first kappa shape index (κ1) is 10.7. The van der Waals surface area contributed by atoms with Crippen molar-refractivity contribution < 1.29 is 4.79 Å². The highest BCUT2D eigenvalue weighted by Gasteiger charge is 2.15. The molecule has 0 bridgehead atoms. The Morgan fingerprint density at radius 1 is 1.36 bits per heavy atom. The molecule has 0 radical (unpaired) electrons. The third kappa shape index (κ3) is 2.83. The molecule has 0 fully saturated rings. The Kier molecular flexibility index (Phi) is 3.62. The van der Waals surface area contributed by atoms with Crippen LogP contribution in [0.5, 0.6) is 0 Å². The Labute approximate surface area is 83.7 Å². The van der Waals surface area contributed by atoms with Crippen molar-refractivity contribution in [3.05, 3.63) is 35.9 Å². The number of amides is 1. The minimum atomic E-state index is -0.612. The second kappa shape index (κ2) is 4.74. The second-order valence-corrected chi connectivity index (χ2v) is 3.26. The first-order chi connectivity index (χ1) is 6.61. The topological polar surface area (TPSA) is 58.4 Å². The summed E-state index contributed by atoms with van der Waals surface area (Å²) >= 11 is 0. The van der Waals surface area contributed by atoms with Gasteiger partial charge in [-0.15, -0.1) is 0 Å². The third-order valence-electron chi connectivity index (χ3n) is 1.77. The molecule has 0 aliphatic carbocycles. The fourth-order valence-electron chi connectivity index (χ4n) is 1.10. The van der Waals surface area contributed by atoms with Crippen molar-refractivity contribution in [2.45, 2.75) is 6.04 Å². The molecule has 1 aromatic rings. The Morgan fingerprint density at radius 3 is 2.43 bits per heavy atom. The van der Waals surface area contributed by atoms with Crippen LogP contribution in [0.15, 0.2) is 30.3 Å². The van der Waals surface area contributed by atoms with Crippen molar-refractivity contribution in [2.75, 3.05) is 14.1 Å². The van der Waals surface area contributed by atoms with E-state index < -0.39 is 6.04 Å². The molecule has 4 heteroatoms. The predicted octanol–water partition coefficient (Wildman–Crippen LogP) is 0.279. The van der Waals surface area contributed by atoms with Crippen LogP contribution in [0, 0.1) is 0 Å². The summed E-state index contributed by atoms with van der Waals surface area (Å²) in [7, 11) is 3.49. The maximum atomic E-state index is 11.5. The number of hydrogen-bond donors (Lipinski definition) is 2. The van der Waals surface area contributed by atoms with Gasteiger partial charge in [-0.2, -0.15) is 0 Å². The van der Waals surface area contributed by atoms with Crippen LogP contribution in [0.2, 0.25) is 0 Å². The molecule has 0 aliphatic heterocycles. The number of carbonyl (C=O) groups is 1. The van der Waals surface area contributed by atoms with E-state index in [-0.39, 0.29) is 5.91 Å². The third-order valence-corrected chi connectivity index (χ3v) is 1.77. The van der Waals surface area contributed by atoms with Gasteiger partial charge in [-0.1, -0.05) is 30.3 Å². The summed E-state index contributed by atoms with van der Waals surface area (Å²) in [6.07, 6.45) is 0. The van der Waals surface area contributed by atoms with Gasteiger partial charge in [-0.25, -0.2) is 5.01 Å². The summed E-state index contributed by atoms with van der Waals surface area (Å²) in [6, 6.07) is 8.66. The van der Waals surface area contributed by atoms with Gasteiger partial charge in [0.1, 0.15) is 6.04 Å². The van der Waals surface area contributed by atoms with E-state index in [4.69, 9.17) is 5.73 Å². The van der Waals surface area contributed by atoms with Gasteiger partial charge in [0.15, 0.2) is 0 Å². The number of hydrogen-bond acceptors (Lipinski definition) is 3. The Morgan fingerprint density at radius 2 is 1.93 bits per heavy atom. The molecule has 3 N–H and O–H groups in total. The Balaban J connectivity index is 2.66. The van der Waals surface area contributed by atoms with Crippen molar-refractivity contribution in [1.82, 2.24) is 10.4 Å². The van der Waals surface area contributed by atoms with Gasteiger partial charge >= 0.3 is 0 Å². The van der Waals surface area contributed by atoms with E-state index in [9.17, 15) is 4.79 Å². The highest BCUT2D eigenvalue weighted by atomic mass is 16.2. The Bertz CT molecular complexity index is 297. The number of nitrogens with two attached hydrogens (primary N) is 1. The van der Waals surface area contributed by atoms with Crippen molar-refractivity contribution in [3.8, 4) is 0 Å². The first-order valence-electron chi connectivity index (χ1n) is 4.39. The summed E-state index contributed by atoms with van der Waals surface area (Å²) < 4.78 is 0. The molecule has 0 saturated heterocycles. The van der Waals surface area contributed by atoms with Crippen LogP contribution < -0.4 is 11.2 Å². The fourth-order valence-corrected chi connectivity index (χ4v) is 1.10. The van der Waals surface area contributed by atoms with Crippen molar-refractivity contribution in [2.24, 2.45) is 5.73 Å². The molecule has 1 rings (SSSR count). The van der Waals surface area contributed by atoms with E-state index in [0.29, 0.717) is 0 Å². The molecule has 0 aromatic heterocycles. The van der Waals surface area contributed by atoms with Gasteiger partial charge in [-0.05, 0) is 5.56 Å². The van der Waals surface area contributed by atoms with Gasteiger partial charge < -0.3 is 5.73 Å². The summed E-state index contributed by atoms with van der Waals surface area (Å²) in [5.41, 5.74) is 9.17. The van der Waals surface area contributed by atoms with Crippen LogP contribution in [0.3, 0.4) is 0 Å². The lowest BCUT2D eigenvalue weighted by Gasteiger charge is -2.16. The fraction of sp³-hybridized carbons (Fsp3) is 0.300. The van der Waals surface area contributed by atoms with Crippen LogP contribution in [-0.2, 0) is 4.79 Å². The second-order valence-electron chi connectivity index (χ2n) is 3.26. The molecule has 76 valence electrons. The highest BCUT2D eigenvalue weighted by molar-refractivity contribution is 5.82. The average molecular weight is 193 g/mol. The largest absolute Gasteiger partial charge is 0.316 e. The molecule has 0 aliphatic rings. The number of benzene rings is 1. The Hall–Kier alpha value is -1.39. The van der Waals surface area contributed by atoms with Crippen LogP contribution >= 0.6 is 0 Å². The molecular formula is C10H15N3O. The van der Waals surface area contributed by atoms with E-state index in [1.807, 2.05) is 30.3 Å².